The Labute approximate surface area is 125 Å². The van der Waals surface area contributed by atoms with Gasteiger partial charge in [0.05, 0.1) is 6.54 Å². The van der Waals surface area contributed by atoms with Crippen molar-refractivity contribution < 1.29 is 9.59 Å². The lowest BCUT2D eigenvalue weighted by Gasteiger charge is -2.22. The van der Waals surface area contributed by atoms with E-state index in [1.54, 1.807) is 13.1 Å². The fourth-order valence-corrected chi connectivity index (χ4v) is 2.65. The van der Waals surface area contributed by atoms with E-state index >= 15 is 0 Å². The van der Waals surface area contributed by atoms with Crippen molar-refractivity contribution in [1.82, 2.24) is 9.80 Å². The van der Waals surface area contributed by atoms with Crippen molar-refractivity contribution in [3.63, 3.8) is 0 Å². The van der Waals surface area contributed by atoms with Crippen LogP contribution in [-0.4, -0.2) is 54.8 Å². The molecule has 0 unspecified atom stereocenters. The van der Waals surface area contributed by atoms with Crippen LogP contribution in [-0.2, 0) is 11.2 Å². The summed E-state index contributed by atoms with van der Waals surface area (Å²) >= 11 is 0. The largest absolute Gasteiger partial charge is 0.341 e. The Kier molecular flexibility index (Phi) is 5.33. The van der Waals surface area contributed by atoms with Crippen LogP contribution in [0.1, 0.15) is 28.8 Å². The Morgan fingerprint density at radius 3 is 2.57 bits per heavy atom. The molecule has 2 amide bonds. The van der Waals surface area contributed by atoms with E-state index in [4.69, 9.17) is 5.73 Å². The molecule has 0 radical (unpaired) electrons. The first kappa shape index (κ1) is 15.5. The Morgan fingerprint density at radius 2 is 1.90 bits per heavy atom. The minimum absolute atomic E-state index is 0.0275. The van der Waals surface area contributed by atoms with Crippen molar-refractivity contribution >= 4 is 11.8 Å². The van der Waals surface area contributed by atoms with Gasteiger partial charge in [-0.2, -0.15) is 0 Å². The molecule has 0 aromatic heterocycles. The van der Waals surface area contributed by atoms with Crippen molar-refractivity contribution in [3.05, 3.63) is 35.4 Å². The number of likely N-dealkylation sites (N-methyl/N-ethyl adjacent to an activating group) is 1. The molecule has 114 valence electrons. The first-order valence-electron chi connectivity index (χ1n) is 7.44. The molecule has 2 rings (SSSR count). The minimum atomic E-state index is -0.119. The topological polar surface area (TPSA) is 66.6 Å². The van der Waals surface area contributed by atoms with Crippen molar-refractivity contribution in [1.29, 1.82) is 0 Å². The summed E-state index contributed by atoms with van der Waals surface area (Å²) in [6, 6.07) is 7.45. The molecule has 1 fully saturated rings. The summed E-state index contributed by atoms with van der Waals surface area (Å²) in [5.41, 5.74) is 7.16. The number of likely N-dealkylation sites (tertiary alicyclic amines) is 1. The van der Waals surface area contributed by atoms with E-state index in [1.807, 2.05) is 23.1 Å². The van der Waals surface area contributed by atoms with E-state index in [9.17, 15) is 9.59 Å². The van der Waals surface area contributed by atoms with Crippen LogP contribution in [0, 0.1) is 0 Å². The van der Waals surface area contributed by atoms with E-state index < -0.39 is 0 Å². The number of hydrogen-bond donors (Lipinski definition) is 1. The first-order valence-corrected chi connectivity index (χ1v) is 7.44. The van der Waals surface area contributed by atoms with Crippen molar-refractivity contribution in [2.24, 2.45) is 5.73 Å². The van der Waals surface area contributed by atoms with Gasteiger partial charge in [0.1, 0.15) is 0 Å². The molecule has 1 aromatic rings. The van der Waals surface area contributed by atoms with Crippen LogP contribution >= 0.6 is 0 Å². The number of amides is 2. The number of benzene rings is 1. The summed E-state index contributed by atoms with van der Waals surface area (Å²) in [5, 5.41) is 0. The van der Waals surface area contributed by atoms with Gasteiger partial charge in [-0.25, -0.2) is 0 Å². The zero-order chi connectivity index (χ0) is 15.2. The molecule has 5 nitrogen and oxygen atoms in total. The van der Waals surface area contributed by atoms with E-state index in [1.165, 1.54) is 4.90 Å². The van der Waals surface area contributed by atoms with Gasteiger partial charge in [0.2, 0.25) is 5.91 Å². The number of nitrogens with two attached hydrogens (primary N) is 1. The molecule has 1 aliphatic rings. The Balaban J connectivity index is 2.03. The second-order valence-corrected chi connectivity index (χ2v) is 5.44. The first-order chi connectivity index (χ1) is 10.1. The monoisotopic (exact) mass is 289 g/mol. The average Bonchev–Trinajstić information content (AvgIpc) is 3.01. The third-order valence-corrected chi connectivity index (χ3v) is 3.84. The molecule has 0 atom stereocenters. The van der Waals surface area contributed by atoms with E-state index in [0.717, 1.165) is 31.5 Å². The standard InChI is InChI=1S/C16H23N3O2/c1-18(12-15(20)19-10-4-5-11-19)16(21)14-7-3-2-6-13(14)8-9-17/h2-3,6-7H,4-5,8-12,17H2,1H3. The van der Waals surface area contributed by atoms with Crippen LogP contribution in [0.2, 0.25) is 0 Å². The van der Waals surface area contributed by atoms with Gasteiger partial charge in [-0.3, -0.25) is 9.59 Å². The molecule has 21 heavy (non-hydrogen) atoms. The summed E-state index contributed by atoms with van der Waals surface area (Å²) in [7, 11) is 1.68. The van der Waals surface area contributed by atoms with E-state index in [0.29, 0.717) is 18.5 Å². The predicted molar refractivity (Wildman–Crippen MR) is 82.0 cm³/mol. The maximum Gasteiger partial charge on any atom is 0.254 e. The lowest BCUT2D eigenvalue weighted by atomic mass is 10.0. The quantitative estimate of drug-likeness (QED) is 0.875. The molecule has 1 heterocycles. The van der Waals surface area contributed by atoms with Crippen LogP contribution in [0.15, 0.2) is 24.3 Å². The van der Waals surface area contributed by atoms with E-state index in [2.05, 4.69) is 0 Å². The van der Waals surface area contributed by atoms with Crippen molar-refractivity contribution in [3.8, 4) is 0 Å². The third-order valence-electron chi connectivity index (χ3n) is 3.84. The molecule has 0 aliphatic carbocycles. The zero-order valence-corrected chi connectivity index (χ0v) is 12.5. The van der Waals surface area contributed by atoms with E-state index in [-0.39, 0.29) is 18.4 Å². The molecule has 2 N–H and O–H groups in total. The van der Waals surface area contributed by atoms with Crippen LogP contribution in [0.3, 0.4) is 0 Å². The lowest BCUT2D eigenvalue weighted by molar-refractivity contribution is -0.130. The summed E-state index contributed by atoms with van der Waals surface area (Å²) in [4.78, 5) is 27.9. The fourth-order valence-electron chi connectivity index (χ4n) is 2.65. The summed E-state index contributed by atoms with van der Waals surface area (Å²) in [6.45, 7) is 2.26. The number of carbonyl (C=O) groups is 2. The molecule has 1 aliphatic heterocycles. The zero-order valence-electron chi connectivity index (χ0n) is 12.5. The Bertz CT molecular complexity index is 510. The maximum absolute atomic E-state index is 12.5. The molecule has 0 saturated carbocycles. The predicted octanol–water partition coefficient (Wildman–Crippen LogP) is 0.882. The van der Waals surface area contributed by atoms with Gasteiger partial charge in [0.25, 0.3) is 5.91 Å². The molecule has 0 bridgehead atoms. The van der Waals surface area contributed by atoms with Crippen molar-refractivity contribution in [2.45, 2.75) is 19.3 Å². The van der Waals surface area contributed by atoms with Crippen LogP contribution in [0.25, 0.3) is 0 Å². The Morgan fingerprint density at radius 1 is 1.24 bits per heavy atom. The van der Waals surface area contributed by atoms with Gasteiger partial charge < -0.3 is 15.5 Å². The van der Waals surface area contributed by atoms with Crippen molar-refractivity contribution in [2.75, 3.05) is 33.2 Å². The smallest absolute Gasteiger partial charge is 0.254 e. The molecule has 5 heteroatoms. The van der Waals surface area contributed by atoms with Gasteiger partial charge >= 0.3 is 0 Å². The van der Waals surface area contributed by atoms with Crippen LogP contribution < -0.4 is 5.73 Å². The molecule has 0 spiro atoms. The summed E-state index contributed by atoms with van der Waals surface area (Å²) in [5.74, 6) is -0.0914. The SMILES string of the molecule is CN(CC(=O)N1CCCC1)C(=O)c1ccccc1CCN. The van der Waals surface area contributed by atoms with Gasteiger partial charge in [0.15, 0.2) is 0 Å². The number of nitrogens with zero attached hydrogens (tertiary/aromatic N) is 2. The number of rotatable bonds is 5. The van der Waals surface area contributed by atoms with Gasteiger partial charge in [-0.15, -0.1) is 0 Å². The average molecular weight is 289 g/mol. The lowest BCUT2D eigenvalue weighted by Crippen LogP contribution is -2.40. The highest BCUT2D eigenvalue weighted by Crippen LogP contribution is 2.13. The second kappa shape index (κ2) is 7.22. The Hall–Kier alpha value is -1.88. The van der Waals surface area contributed by atoms with Gasteiger partial charge in [-0.05, 0) is 37.4 Å². The highest BCUT2D eigenvalue weighted by atomic mass is 16.2. The number of carbonyl (C=O) groups excluding carboxylic acids is 2. The fraction of sp³-hybridized carbons (Fsp3) is 0.500. The minimum Gasteiger partial charge on any atom is -0.341 e. The molecular weight excluding hydrogens is 266 g/mol. The highest BCUT2D eigenvalue weighted by molar-refractivity contribution is 5.97. The normalized spacial score (nSPS) is 14.3. The highest BCUT2D eigenvalue weighted by Gasteiger charge is 2.22. The molecule has 1 aromatic carbocycles. The second-order valence-electron chi connectivity index (χ2n) is 5.44. The van der Waals surface area contributed by atoms with Gasteiger partial charge in [-0.1, -0.05) is 18.2 Å². The van der Waals surface area contributed by atoms with Crippen LogP contribution in [0.5, 0.6) is 0 Å². The van der Waals surface area contributed by atoms with Gasteiger partial charge in [0, 0.05) is 25.7 Å². The summed E-state index contributed by atoms with van der Waals surface area (Å²) in [6.07, 6.45) is 2.78. The number of hydrogen-bond acceptors (Lipinski definition) is 3. The van der Waals surface area contributed by atoms with Crippen LogP contribution in [0.4, 0.5) is 0 Å². The molecular formula is C16H23N3O2. The molecule has 1 saturated heterocycles. The maximum atomic E-state index is 12.5. The summed E-state index contributed by atoms with van der Waals surface area (Å²) < 4.78 is 0. The third kappa shape index (κ3) is 3.82.